The Morgan fingerprint density at radius 2 is 1.91 bits per heavy atom. The Morgan fingerprint density at radius 1 is 1.18 bits per heavy atom. The van der Waals surface area contributed by atoms with Crippen LogP contribution in [0, 0.1) is 6.92 Å². The van der Waals surface area contributed by atoms with Crippen LogP contribution >= 0.6 is 0 Å². The lowest BCUT2D eigenvalue weighted by molar-refractivity contribution is -0.660. The molecule has 0 saturated carbocycles. The summed E-state index contributed by atoms with van der Waals surface area (Å²) in [6.45, 7) is 8.90. The molecule has 1 aromatic carbocycles. The summed E-state index contributed by atoms with van der Waals surface area (Å²) in [6, 6.07) is 9.43. The Morgan fingerprint density at radius 3 is 2.55 bits per heavy atom. The highest BCUT2D eigenvalue weighted by atomic mass is 16.4. The molecule has 2 aromatic rings. The molecule has 0 spiro atoms. The molecule has 0 aliphatic carbocycles. The molecule has 3 rings (SSSR count). The van der Waals surface area contributed by atoms with Crippen molar-refractivity contribution in [3.63, 3.8) is 0 Å². The van der Waals surface area contributed by atoms with Crippen LogP contribution in [0.5, 0.6) is 0 Å². The fourth-order valence-corrected chi connectivity index (χ4v) is 3.37. The smallest absolute Gasteiger partial charge is 0.396 e. The minimum absolute atomic E-state index is 0.0961. The van der Waals surface area contributed by atoms with Crippen LogP contribution in [0.2, 0.25) is 0 Å². The van der Waals surface area contributed by atoms with Gasteiger partial charge >= 0.3 is 6.01 Å². The van der Waals surface area contributed by atoms with E-state index >= 15 is 0 Å². The van der Waals surface area contributed by atoms with Crippen LogP contribution in [-0.4, -0.2) is 11.1 Å². The van der Waals surface area contributed by atoms with Crippen LogP contribution in [0.3, 0.4) is 0 Å². The normalized spacial score (nSPS) is 18.3. The molecule has 1 atom stereocenters. The maximum absolute atomic E-state index is 5.62. The van der Waals surface area contributed by atoms with E-state index < -0.39 is 0 Å². The van der Waals surface area contributed by atoms with Crippen molar-refractivity contribution in [3.05, 3.63) is 60.3 Å². The monoisotopic (exact) mass is 298 g/mol. The van der Waals surface area contributed by atoms with Crippen LogP contribution < -0.4 is 9.47 Å². The number of rotatable bonds is 3. The molecule has 116 valence electrons. The summed E-state index contributed by atoms with van der Waals surface area (Å²) in [4.78, 5) is 4.53. The van der Waals surface area contributed by atoms with E-state index in [0.29, 0.717) is 0 Å². The van der Waals surface area contributed by atoms with Gasteiger partial charge in [0.05, 0.1) is 12.6 Å². The zero-order valence-corrected chi connectivity index (χ0v) is 13.9. The molecule has 0 saturated heterocycles. The fraction of sp³-hybridized carbons (Fsp3) is 0.389. The van der Waals surface area contributed by atoms with Crippen molar-refractivity contribution in [1.82, 2.24) is 4.90 Å². The van der Waals surface area contributed by atoms with Gasteiger partial charge in [-0.1, -0.05) is 24.3 Å². The van der Waals surface area contributed by atoms with Crippen LogP contribution in [0.15, 0.2) is 53.5 Å². The minimum atomic E-state index is -0.0961. The predicted octanol–water partition coefficient (Wildman–Crippen LogP) is 3.29. The molecule has 22 heavy (non-hydrogen) atoms. The van der Waals surface area contributed by atoms with E-state index in [0.717, 1.165) is 6.01 Å². The van der Waals surface area contributed by atoms with Gasteiger partial charge in [-0.25, -0.2) is 4.57 Å². The van der Waals surface area contributed by atoms with E-state index in [2.05, 4.69) is 74.2 Å². The first kappa shape index (κ1) is 14.7. The fourth-order valence-electron chi connectivity index (χ4n) is 3.37. The van der Waals surface area contributed by atoms with Gasteiger partial charge in [-0.05, 0) is 38.8 Å². The number of oxazole rings is 1. The third-order valence-corrected chi connectivity index (χ3v) is 4.62. The lowest BCUT2D eigenvalue weighted by Gasteiger charge is -2.39. The van der Waals surface area contributed by atoms with Crippen LogP contribution in [0.25, 0.3) is 0 Å². The van der Waals surface area contributed by atoms with Gasteiger partial charge < -0.3 is 9.32 Å². The lowest BCUT2D eigenvalue weighted by atomic mass is 9.88. The number of hydrogen-bond donors (Lipinski definition) is 0. The molecular formula is C18H24N3O+. The molecular weight excluding hydrogens is 274 g/mol. The zero-order chi connectivity index (χ0) is 15.9. The molecule has 2 heterocycles. The van der Waals surface area contributed by atoms with E-state index in [1.807, 2.05) is 17.8 Å². The van der Waals surface area contributed by atoms with E-state index in [-0.39, 0.29) is 11.7 Å². The first-order valence-corrected chi connectivity index (χ1v) is 7.67. The molecule has 0 fully saturated rings. The quantitative estimate of drug-likeness (QED) is 0.812. The van der Waals surface area contributed by atoms with Crippen molar-refractivity contribution in [2.45, 2.75) is 39.4 Å². The van der Waals surface area contributed by atoms with Crippen molar-refractivity contribution in [3.8, 4) is 0 Å². The standard InChI is InChI=1S/C18H24N3O/c1-14-8-6-7-9-16(14)18(3,4)21-11-10-20(15(21)2)17-19(5)12-13-22-17/h6-13,15H,1-5H3/q+1/t15-/m1/s1. The summed E-state index contributed by atoms with van der Waals surface area (Å²) >= 11 is 0. The van der Waals surface area contributed by atoms with Crippen LogP contribution in [0.4, 0.5) is 6.01 Å². The van der Waals surface area contributed by atoms with Gasteiger partial charge in [0.2, 0.25) is 0 Å². The largest absolute Gasteiger partial charge is 0.462 e. The SMILES string of the molecule is Cc1ccccc1C(C)(C)N1C=CN(c2occ[n+]2C)[C@H]1C. The molecule has 0 amide bonds. The first-order valence-electron chi connectivity index (χ1n) is 7.67. The molecule has 0 unspecified atom stereocenters. The molecule has 1 aliphatic heterocycles. The molecule has 0 bridgehead atoms. The number of aryl methyl sites for hydroxylation is 2. The third kappa shape index (κ3) is 2.19. The Bertz CT molecular complexity index is 702. The Balaban J connectivity index is 1.92. The Kier molecular flexibility index (Phi) is 3.47. The summed E-state index contributed by atoms with van der Waals surface area (Å²) in [5.74, 6) is 0. The molecule has 1 aliphatic rings. The Labute approximate surface area is 132 Å². The highest BCUT2D eigenvalue weighted by Crippen LogP contribution is 2.36. The van der Waals surface area contributed by atoms with E-state index in [1.165, 1.54) is 11.1 Å². The average molecular weight is 298 g/mol. The first-order chi connectivity index (χ1) is 10.4. The second kappa shape index (κ2) is 5.20. The van der Waals surface area contributed by atoms with Gasteiger partial charge in [0.15, 0.2) is 6.17 Å². The predicted molar refractivity (Wildman–Crippen MR) is 87.0 cm³/mol. The number of benzene rings is 1. The summed E-state index contributed by atoms with van der Waals surface area (Å²) in [6.07, 6.45) is 8.06. The molecule has 0 N–H and O–H groups in total. The van der Waals surface area contributed by atoms with Gasteiger partial charge in [0.1, 0.15) is 18.7 Å². The maximum atomic E-state index is 5.62. The topological polar surface area (TPSA) is 23.5 Å². The van der Waals surface area contributed by atoms with Gasteiger partial charge in [0, 0.05) is 6.20 Å². The molecule has 0 radical (unpaired) electrons. The summed E-state index contributed by atoms with van der Waals surface area (Å²) in [5.41, 5.74) is 2.56. The maximum Gasteiger partial charge on any atom is 0.462 e. The van der Waals surface area contributed by atoms with Crippen molar-refractivity contribution in [2.24, 2.45) is 7.05 Å². The number of aromatic nitrogens is 1. The number of hydrogen-bond acceptors (Lipinski definition) is 3. The summed E-state index contributed by atoms with van der Waals surface area (Å²) in [5, 5.41) is 0. The zero-order valence-electron chi connectivity index (χ0n) is 13.9. The summed E-state index contributed by atoms with van der Waals surface area (Å²) in [7, 11) is 1.99. The van der Waals surface area contributed by atoms with E-state index in [9.17, 15) is 0 Å². The molecule has 4 heteroatoms. The highest BCUT2D eigenvalue weighted by Gasteiger charge is 2.41. The van der Waals surface area contributed by atoms with E-state index in [4.69, 9.17) is 4.42 Å². The Hall–Kier alpha value is -2.23. The second-order valence-electron chi connectivity index (χ2n) is 6.41. The minimum Gasteiger partial charge on any atom is -0.396 e. The molecule has 1 aromatic heterocycles. The lowest BCUT2D eigenvalue weighted by Crippen LogP contribution is -2.48. The van der Waals surface area contributed by atoms with Crippen LogP contribution in [0.1, 0.15) is 31.9 Å². The van der Waals surface area contributed by atoms with Crippen molar-refractivity contribution in [2.75, 3.05) is 4.90 Å². The third-order valence-electron chi connectivity index (χ3n) is 4.62. The van der Waals surface area contributed by atoms with Gasteiger partial charge in [-0.2, -0.15) is 4.90 Å². The second-order valence-corrected chi connectivity index (χ2v) is 6.41. The molecule has 4 nitrogen and oxygen atoms in total. The van der Waals surface area contributed by atoms with Crippen molar-refractivity contribution in [1.29, 1.82) is 0 Å². The number of nitrogens with zero attached hydrogens (tertiary/aromatic N) is 3. The average Bonchev–Trinajstić information content (AvgIpc) is 3.05. The van der Waals surface area contributed by atoms with Crippen molar-refractivity contribution < 1.29 is 8.98 Å². The van der Waals surface area contributed by atoms with Gasteiger partial charge in [-0.15, -0.1) is 0 Å². The van der Waals surface area contributed by atoms with Gasteiger partial charge in [0.25, 0.3) is 0 Å². The summed E-state index contributed by atoms with van der Waals surface area (Å²) < 4.78 is 7.61. The van der Waals surface area contributed by atoms with Crippen LogP contribution in [-0.2, 0) is 12.6 Å². The van der Waals surface area contributed by atoms with Crippen molar-refractivity contribution >= 4 is 6.01 Å². The number of anilines is 1. The van der Waals surface area contributed by atoms with E-state index in [1.54, 1.807) is 6.26 Å². The highest BCUT2D eigenvalue weighted by molar-refractivity contribution is 5.37. The van der Waals surface area contributed by atoms with Gasteiger partial charge in [-0.3, -0.25) is 0 Å².